The molecule has 0 atom stereocenters. The second-order valence-electron chi connectivity index (χ2n) is 4.67. The molecular formula is C16H17NO3. The molecule has 104 valence electrons. The molecule has 0 saturated heterocycles. The zero-order chi connectivity index (χ0) is 14.5. The Hall–Kier alpha value is -2.49. The molecule has 20 heavy (non-hydrogen) atoms. The number of anilines is 2. The van der Waals surface area contributed by atoms with Gasteiger partial charge in [0.05, 0.1) is 17.4 Å². The molecule has 4 heteroatoms. The predicted octanol–water partition coefficient (Wildman–Crippen LogP) is 3.92. The lowest BCUT2D eigenvalue weighted by Crippen LogP contribution is -2.06. The molecule has 2 aromatic rings. The molecule has 0 spiro atoms. The highest BCUT2D eigenvalue weighted by atomic mass is 16.5. The fraction of sp³-hybridized carbons (Fsp3) is 0.188. The Morgan fingerprint density at radius 3 is 2.60 bits per heavy atom. The molecule has 0 heterocycles. The summed E-state index contributed by atoms with van der Waals surface area (Å²) < 4.78 is 5.61. The molecule has 0 aliphatic carbocycles. The number of para-hydroxylation sites is 1. The largest absolute Gasteiger partial charge is 0.491 e. The smallest absolute Gasteiger partial charge is 0.337 e. The number of ether oxygens (including phenoxy) is 1. The highest BCUT2D eigenvalue weighted by molar-refractivity contribution is 5.95. The summed E-state index contributed by atoms with van der Waals surface area (Å²) in [6, 6.07) is 14.2. The summed E-state index contributed by atoms with van der Waals surface area (Å²) in [5, 5.41) is 12.3. The standard InChI is InChI=1S/C16H17NO3/c1-11(2)20-13-7-5-6-12(10-13)17-15-9-4-3-8-14(15)16(18)19/h3-11,17H,1-2H3,(H,18,19). The molecular weight excluding hydrogens is 254 g/mol. The Labute approximate surface area is 118 Å². The van der Waals surface area contributed by atoms with Crippen molar-refractivity contribution < 1.29 is 14.6 Å². The number of carboxylic acids is 1. The van der Waals surface area contributed by atoms with E-state index in [-0.39, 0.29) is 11.7 Å². The molecule has 2 rings (SSSR count). The minimum Gasteiger partial charge on any atom is -0.491 e. The molecule has 0 unspecified atom stereocenters. The monoisotopic (exact) mass is 271 g/mol. The summed E-state index contributed by atoms with van der Waals surface area (Å²) >= 11 is 0. The average molecular weight is 271 g/mol. The Kier molecular flexibility index (Phi) is 4.25. The van der Waals surface area contributed by atoms with Gasteiger partial charge in [-0.25, -0.2) is 4.79 Å². The predicted molar refractivity (Wildman–Crippen MR) is 78.9 cm³/mol. The summed E-state index contributed by atoms with van der Waals surface area (Å²) in [7, 11) is 0. The van der Waals surface area contributed by atoms with Crippen molar-refractivity contribution in [2.75, 3.05) is 5.32 Å². The van der Waals surface area contributed by atoms with Crippen molar-refractivity contribution in [3.05, 3.63) is 54.1 Å². The molecule has 0 amide bonds. The van der Waals surface area contributed by atoms with Gasteiger partial charge in [0.25, 0.3) is 0 Å². The van der Waals surface area contributed by atoms with Crippen LogP contribution >= 0.6 is 0 Å². The molecule has 0 fully saturated rings. The lowest BCUT2D eigenvalue weighted by molar-refractivity contribution is 0.0698. The van der Waals surface area contributed by atoms with Crippen LogP contribution in [0.3, 0.4) is 0 Å². The number of benzene rings is 2. The van der Waals surface area contributed by atoms with E-state index in [0.29, 0.717) is 5.69 Å². The third kappa shape index (κ3) is 3.51. The van der Waals surface area contributed by atoms with Gasteiger partial charge >= 0.3 is 5.97 Å². The Morgan fingerprint density at radius 2 is 1.90 bits per heavy atom. The van der Waals surface area contributed by atoms with Gasteiger partial charge in [0.2, 0.25) is 0 Å². The minimum absolute atomic E-state index is 0.0940. The van der Waals surface area contributed by atoms with Crippen molar-refractivity contribution in [3.8, 4) is 5.75 Å². The maximum Gasteiger partial charge on any atom is 0.337 e. The van der Waals surface area contributed by atoms with E-state index in [1.807, 2.05) is 38.1 Å². The molecule has 2 aromatic carbocycles. The Bertz CT molecular complexity index is 608. The highest BCUT2D eigenvalue weighted by Crippen LogP contribution is 2.24. The molecule has 0 saturated carbocycles. The number of aromatic carboxylic acids is 1. The second-order valence-corrected chi connectivity index (χ2v) is 4.67. The fourth-order valence-electron chi connectivity index (χ4n) is 1.85. The van der Waals surface area contributed by atoms with Crippen LogP contribution < -0.4 is 10.1 Å². The van der Waals surface area contributed by atoms with Gasteiger partial charge in [-0.1, -0.05) is 18.2 Å². The van der Waals surface area contributed by atoms with E-state index in [2.05, 4.69) is 5.32 Å². The van der Waals surface area contributed by atoms with Crippen LogP contribution in [0.4, 0.5) is 11.4 Å². The third-order valence-corrected chi connectivity index (χ3v) is 2.64. The van der Waals surface area contributed by atoms with E-state index in [1.54, 1.807) is 24.3 Å². The van der Waals surface area contributed by atoms with Crippen molar-refractivity contribution in [2.45, 2.75) is 20.0 Å². The van der Waals surface area contributed by atoms with Crippen molar-refractivity contribution in [3.63, 3.8) is 0 Å². The number of carboxylic acid groups (broad SMARTS) is 1. The molecule has 0 aliphatic heterocycles. The number of nitrogens with one attached hydrogen (secondary N) is 1. The Morgan fingerprint density at radius 1 is 1.15 bits per heavy atom. The van der Waals surface area contributed by atoms with Crippen LogP contribution in [0.2, 0.25) is 0 Å². The summed E-state index contributed by atoms with van der Waals surface area (Å²) in [5.41, 5.74) is 1.58. The topological polar surface area (TPSA) is 58.6 Å². The third-order valence-electron chi connectivity index (χ3n) is 2.64. The first-order chi connectivity index (χ1) is 9.56. The van der Waals surface area contributed by atoms with Gasteiger partial charge < -0.3 is 15.2 Å². The summed E-state index contributed by atoms with van der Waals surface area (Å²) in [6.07, 6.45) is 0.0940. The van der Waals surface area contributed by atoms with Crippen LogP contribution in [0.1, 0.15) is 24.2 Å². The number of hydrogen-bond donors (Lipinski definition) is 2. The first-order valence-electron chi connectivity index (χ1n) is 6.42. The quantitative estimate of drug-likeness (QED) is 0.865. The lowest BCUT2D eigenvalue weighted by atomic mass is 10.1. The summed E-state index contributed by atoms with van der Waals surface area (Å²) in [6.45, 7) is 3.92. The maximum atomic E-state index is 11.2. The molecule has 4 nitrogen and oxygen atoms in total. The molecule has 0 bridgehead atoms. The lowest BCUT2D eigenvalue weighted by Gasteiger charge is -2.13. The normalized spacial score (nSPS) is 10.3. The van der Waals surface area contributed by atoms with E-state index in [9.17, 15) is 4.79 Å². The van der Waals surface area contributed by atoms with E-state index in [0.717, 1.165) is 11.4 Å². The van der Waals surface area contributed by atoms with Gasteiger partial charge in [-0.05, 0) is 38.1 Å². The van der Waals surface area contributed by atoms with E-state index in [1.165, 1.54) is 0 Å². The second kappa shape index (κ2) is 6.10. The van der Waals surface area contributed by atoms with E-state index >= 15 is 0 Å². The van der Waals surface area contributed by atoms with Crippen molar-refractivity contribution >= 4 is 17.3 Å². The SMILES string of the molecule is CC(C)Oc1cccc(Nc2ccccc2C(=O)O)c1. The summed E-state index contributed by atoms with van der Waals surface area (Å²) in [5.74, 6) is -0.208. The van der Waals surface area contributed by atoms with Gasteiger partial charge in [0.15, 0.2) is 0 Å². The van der Waals surface area contributed by atoms with Crippen LogP contribution in [0.25, 0.3) is 0 Å². The van der Waals surface area contributed by atoms with Gasteiger partial charge in [0.1, 0.15) is 5.75 Å². The first-order valence-corrected chi connectivity index (χ1v) is 6.42. The van der Waals surface area contributed by atoms with Crippen molar-refractivity contribution in [1.29, 1.82) is 0 Å². The van der Waals surface area contributed by atoms with Crippen LogP contribution in [-0.4, -0.2) is 17.2 Å². The minimum atomic E-state index is -0.956. The van der Waals surface area contributed by atoms with Gasteiger partial charge in [-0.2, -0.15) is 0 Å². The number of hydrogen-bond acceptors (Lipinski definition) is 3. The fourth-order valence-corrected chi connectivity index (χ4v) is 1.85. The maximum absolute atomic E-state index is 11.2. The van der Waals surface area contributed by atoms with Crippen molar-refractivity contribution in [2.24, 2.45) is 0 Å². The molecule has 0 aliphatic rings. The van der Waals surface area contributed by atoms with Crippen molar-refractivity contribution in [1.82, 2.24) is 0 Å². The zero-order valence-corrected chi connectivity index (χ0v) is 11.5. The van der Waals surface area contributed by atoms with Crippen LogP contribution in [0.5, 0.6) is 5.75 Å². The summed E-state index contributed by atoms with van der Waals surface area (Å²) in [4.78, 5) is 11.2. The Balaban J connectivity index is 2.24. The zero-order valence-electron chi connectivity index (χ0n) is 11.5. The molecule has 0 radical (unpaired) electrons. The van der Waals surface area contributed by atoms with Gasteiger partial charge in [-0.15, -0.1) is 0 Å². The van der Waals surface area contributed by atoms with Crippen LogP contribution in [0.15, 0.2) is 48.5 Å². The van der Waals surface area contributed by atoms with E-state index < -0.39 is 5.97 Å². The number of carbonyl (C=O) groups is 1. The average Bonchev–Trinajstić information content (AvgIpc) is 2.38. The highest BCUT2D eigenvalue weighted by Gasteiger charge is 2.09. The van der Waals surface area contributed by atoms with E-state index in [4.69, 9.17) is 9.84 Å². The number of rotatable bonds is 5. The van der Waals surface area contributed by atoms with Crippen LogP contribution in [0, 0.1) is 0 Å². The van der Waals surface area contributed by atoms with Gasteiger partial charge in [0, 0.05) is 11.8 Å². The van der Waals surface area contributed by atoms with Gasteiger partial charge in [-0.3, -0.25) is 0 Å². The molecule has 0 aromatic heterocycles. The molecule has 2 N–H and O–H groups in total. The van der Waals surface area contributed by atoms with Crippen LogP contribution in [-0.2, 0) is 0 Å². The first kappa shape index (κ1) is 13.9.